The smallest absolute Gasteiger partial charge is 1.00 e. The summed E-state index contributed by atoms with van der Waals surface area (Å²) in [5, 5.41) is 0. The summed E-state index contributed by atoms with van der Waals surface area (Å²) in [5.41, 5.74) is 11.5. The maximum absolute atomic E-state index is 2.61. The number of fused-ring (bicyclic) bond motifs is 2. The molecule has 2 atom stereocenters. The summed E-state index contributed by atoms with van der Waals surface area (Å²) < 4.78 is 3.15. The van der Waals surface area contributed by atoms with Crippen molar-refractivity contribution in [3.63, 3.8) is 0 Å². The van der Waals surface area contributed by atoms with Crippen LogP contribution in [-0.4, -0.2) is 3.26 Å². The van der Waals surface area contributed by atoms with Crippen molar-refractivity contribution in [3.8, 4) is 22.3 Å². The van der Waals surface area contributed by atoms with E-state index in [1.54, 1.807) is 11.1 Å². The van der Waals surface area contributed by atoms with E-state index in [0.717, 1.165) is 0 Å². The molecule has 0 aliphatic heterocycles. The zero-order valence-electron chi connectivity index (χ0n) is 23.3. The van der Waals surface area contributed by atoms with Crippen LogP contribution in [0.25, 0.3) is 34.4 Å². The maximum atomic E-state index is 2.61. The minimum Gasteiger partial charge on any atom is -1.00 e. The molecule has 0 fully saturated rings. The largest absolute Gasteiger partial charge is 1.00 e. The van der Waals surface area contributed by atoms with Gasteiger partial charge in [0.05, 0.1) is 0 Å². The van der Waals surface area contributed by atoms with Gasteiger partial charge in [0.25, 0.3) is 0 Å². The predicted octanol–water partition coefficient (Wildman–Crippen LogP) is 4.26. The summed E-state index contributed by atoms with van der Waals surface area (Å²) >= 11 is -2.47. The Morgan fingerprint density at radius 1 is 0.550 bits per heavy atom. The van der Waals surface area contributed by atoms with Crippen LogP contribution in [0.2, 0.25) is 0 Å². The Kier molecular flexibility index (Phi) is 10.7. The molecule has 6 rings (SSSR count). The van der Waals surface area contributed by atoms with Crippen LogP contribution in [0.4, 0.5) is 0 Å². The third-order valence-corrected chi connectivity index (χ3v) is 21.4. The molecule has 4 aromatic rings. The fourth-order valence-corrected chi connectivity index (χ4v) is 21.4. The standard InChI is InChI=1S/2C15H11.C7H14.2ClH.Hf/c2*1-2-6-12(7-3-1)14-10-4-8-13-9-5-11-15(13)14;1-3-5-7-6-4-2;;;/h2*1-11H;3-6H2,1-2H3;2*1H;/q;;;;;+2/p-2. The van der Waals surface area contributed by atoms with E-state index in [4.69, 9.17) is 0 Å². The van der Waals surface area contributed by atoms with Crippen LogP contribution in [-0.2, 0) is 21.0 Å². The Morgan fingerprint density at radius 2 is 0.975 bits per heavy atom. The molecule has 0 radical (unpaired) electrons. The van der Waals surface area contributed by atoms with E-state index in [0.29, 0.717) is 7.35 Å². The average Bonchev–Trinajstić information content (AvgIpc) is 3.60. The maximum Gasteiger partial charge on any atom is -1.00 e. The van der Waals surface area contributed by atoms with Crippen molar-refractivity contribution < 1.29 is 45.8 Å². The molecule has 4 aromatic carbocycles. The van der Waals surface area contributed by atoms with Crippen LogP contribution < -0.4 is 24.8 Å². The van der Waals surface area contributed by atoms with Gasteiger partial charge in [-0.05, 0) is 0 Å². The molecule has 2 unspecified atom stereocenters. The third-order valence-electron chi connectivity index (χ3n) is 8.21. The molecule has 0 saturated carbocycles. The van der Waals surface area contributed by atoms with Crippen LogP contribution in [0.5, 0.6) is 0 Å². The molecule has 0 heterocycles. The van der Waals surface area contributed by atoms with Gasteiger partial charge >= 0.3 is 237 Å². The zero-order chi connectivity index (χ0) is 25.9. The summed E-state index contributed by atoms with van der Waals surface area (Å²) in [4.78, 5) is 0. The van der Waals surface area contributed by atoms with Crippen LogP contribution in [0, 0.1) is 0 Å². The van der Waals surface area contributed by atoms with E-state index in [1.807, 2.05) is 3.26 Å². The Labute approximate surface area is 260 Å². The van der Waals surface area contributed by atoms with Gasteiger partial charge in [-0.2, -0.15) is 0 Å². The van der Waals surface area contributed by atoms with Crippen LogP contribution in [0.3, 0.4) is 0 Å². The molecule has 2 aliphatic carbocycles. The van der Waals surface area contributed by atoms with Crippen LogP contribution in [0.1, 0.15) is 69.1 Å². The SMILES string of the molecule is CCC[C](CCC)=[Hf+2]([CH]1C=Cc2c(-c3ccccc3)cccc21)[CH]1C=Cc2c(-c3ccccc3)cccc21.[Cl-].[Cl-]. The van der Waals surface area contributed by atoms with Crippen molar-refractivity contribution in [2.75, 3.05) is 0 Å². The van der Waals surface area contributed by atoms with Crippen molar-refractivity contribution >= 4 is 15.4 Å². The predicted molar refractivity (Wildman–Crippen MR) is 162 cm³/mol. The van der Waals surface area contributed by atoms with Crippen molar-refractivity contribution in [1.29, 1.82) is 0 Å². The Morgan fingerprint density at radius 3 is 1.38 bits per heavy atom. The summed E-state index contributed by atoms with van der Waals surface area (Å²) in [7, 11) is 0. The van der Waals surface area contributed by atoms with E-state index < -0.39 is 21.0 Å². The topological polar surface area (TPSA) is 0 Å². The quantitative estimate of drug-likeness (QED) is 0.238. The van der Waals surface area contributed by atoms with Gasteiger partial charge in [0, 0.05) is 0 Å². The molecule has 0 N–H and O–H groups in total. The first-order chi connectivity index (χ1) is 18.8. The summed E-state index contributed by atoms with van der Waals surface area (Å²) in [6.45, 7) is 4.74. The minimum absolute atomic E-state index is 0. The summed E-state index contributed by atoms with van der Waals surface area (Å²) in [6, 6.07) is 36.0. The number of benzene rings is 4. The molecule has 0 saturated heterocycles. The molecular formula is C37H36Cl2Hf. The van der Waals surface area contributed by atoms with E-state index in [1.165, 1.54) is 59.1 Å². The molecule has 2 aliphatic rings. The first kappa shape index (κ1) is 30.6. The number of allylic oxidation sites excluding steroid dienone is 2. The van der Waals surface area contributed by atoms with Crippen molar-refractivity contribution in [2.24, 2.45) is 0 Å². The van der Waals surface area contributed by atoms with Gasteiger partial charge in [-0.1, -0.05) is 0 Å². The number of halogens is 2. The molecule has 0 spiro atoms. The Bertz CT molecular complexity index is 1420. The Hall–Kier alpha value is -2.32. The van der Waals surface area contributed by atoms with E-state index in [2.05, 4.69) is 135 Å². The second-order valence-corrected chi connectivity index (χ2v) is 20.9. The van der Waals surface area contributed by atoms with Gasteiger partial charge in [-0.3, -0.25) is 0 Å². The normalized spacial score (nSPS) is 15.8. The van der Waals surface area contributed by atoms with Crippen molar-refractivity contribution in [1.82, 2.24) is 0 Å². The second kappa shape index (κ2) is 14.0. The van der Waals surface area contributed by atoms with E-state index >= 15 is 0 Å². The van der Waals surface area contributed by atoms with Crippen molar-refractivity contribution in [3.05, 3.63) is 131 Å². The van der Waals surface area contributed by atoms with Gasteiger partial charge < -0.3 is 24.8 Å². The first-order valence-electron chi connectivity index (χ1n) is 14.2. The van der Waals surface area contributed by atoms with Crippen molar-refractivity contribution in [2.45, 2.75) is 46.9 Å². The van der Waals surface area contributed by atoms with Gasteiger partial charge in [0.15, 0.2) is 0 Å². The van der Waals surface area contributed by atoms with Gasteiger partial charge in [0.2, 0.25) is 0 Å². The molecule has 0 bridgehead atoms. The second-order valence-electron chi connectivity index (χ2n) is 10.6. The molecular weight excluding hydrogens is 694 g/mol. The summed E-state index contributed by atoms with van der Waals surface area (Å²) in [6.07, 6.45) is 15.2. The van der Waals surface area contributed by atoms with Gasteiger partial charge in [-0.15, -0.1) is 0 Å². The monoisotopic (exact) mass is 730 g/mol. The summed E-state index contributed by atoms with van der Waals surface area (Å²) in [5.74, 6) is 0. The fourth-order valence-electron chi connectivity index (χ4n) is 6.60. The number of hydrogen-bond donors (Lipinski definition) is 0. The average molecular weight is 730 g/mol. The number of hydrogen-bond acceptors (Lipinski definition) is 0. The molecule has 0 aromatic heterocycles. The molecule has 3 heteroatoms. The van der Waals surface area contributed by atoms with E-state index in [9.17, 15) is 0 Å². The molecule has 0 amide bonds. The minimum atomic E-state index is -2.47. The van der Waals surface area contributed by atoms with E-state index in [-0.39, 0.29) is 24.8 Å². The fraction of sp³-hybridized carbons (Fsp3) is 0.216. The van der Waals surface area contributed by atoms with Crippen LogP contribution >= 0.6 is 0 Å². The van der Waals surface area contributed by atoms with Gasteiger partial charge in [-0.25, -0.2) is 0 Å². The zero-order valence-corrected chi connectivity index (χ0v) is 28.4. The van der Waals surface area contributed by atoms with Gasteiger partial charge in [0.1, 0.15) is 0 Å². The first-order valence-corrected chi connectivity index (χ1v) is 20.2. The Balaban J connectivity index is 0.00000185. The molecule has 202 valence electrons. The molecule has 40 heavy (non-hydrogen) atoms. The van der Waals surface area contributed by atoms with Crippen LogP contribution in [0.15, 0.2) is 109 Å². The molecule has 0 nitrogen and oxygen atoms in total. The number of rotatable bonds is 8. The third kappa shape index (κ3) is 5.85.